The Labute approximate surface area is 93.1 Å². The number of benzene rings is 1. The van der Waals surface area contributed by atoms with Crippen LogP contribution in [0.2, 0.25) is 0 Å². The summed E-state index contributed by atoms with van der Waals surface area (Å²) in [6, 6.07) is 6.55. The van der Waals surface area contributed by atoms with Gasteiger partial charge in [-0.15, -0.1) is 0 Å². The third-order valence-corrected chi connectivity index (χ3v) is 2.63. The maximum atomic E-state index is 3.46. The van der Waals surface area contributed by atoms with E-state index in [1.165, 1.54) is 16.8 Å². The monoisotopic (exact) mass is 206 g/mol. The SMILES string of the molecule is CNC(C)(C)CNc1cc(C)cc(C)c1. The smallest absolute Gasteiger partial charge is 0.0346 e. The quantitative estimate of drug-likeness (QED) is 0.791. The van der Waals surface area contributed by atoms with Gasteiger partial charge < -0.3 is 10.6 Å². The molecule has 0 aliphatic carbocycles. The first-order chi connectivity index (χ1) is 6.93. The van der Waals surface area contributed by atoms with Crippen LogP contribution >= 0.6 is 0 Å². The Balaban J connectivity index is 2.65. The van der Waals surface area contributed by atoms with E-state index in [1.807, 2.05) is 7.05 Å². The summed E-state index contributed by atoms with van der Waals surface area (Å²) in [5.41, 5.74) is 3.94. The number of aryl methyl sites for hydroxylation is 2. The molecule has 1 aromatic carbocycles. The molecule has 0 saturated heterocycles. The van der Waals surface area contributed by atoms with Crippen molar-refractivity contribution in [1.82, 2.24) is 5.32 Å². The minimum absolute atomic E-state index is 0.123. The first kappa shape index (κ1) is 12.1. The molecule has 0 saturated carbocycles. The fourth-order valence-corrected chi connectivity index (χ4v) is 1.49. The number of nitrogens with one attached hydrogen (secondary N) is 2. The van der Waals surface area contributed by atoms with Gasteiger partial charge in [0.25, 0.3) is 0 Å². The average Bonchev–Trinajstić information content (AvgIpc) is 2.14. The van der Waals surface area contributed by atoms with Crippen LogP contribution in [0, 0.1) is 13.8 Å². The molecule has 0 aliphatic heterocycles. The van der Waals surface area contributed by atoms with Crippen LogP contribution in [0.4, 0.5) is 5.69 Å². The van der Waals surface area contributed by atoms with Gasteiger partial charge in [0.15, 0.2) is 0 Å². The summed E-state index contributed by atoms with van der Waals surface area (Å²) in [4.78, 5) is 0. The molecule has 0 fully saturated rings. The third-order valence-electron chi connectivity index (χ3n) is 2.63. The highest BCUT2D eigenvalue weighted by atomic mass is 15.0. The number of anilines is 1. The van der Waals surface area contributed by atoms with E-state index in [2.05, 4.69) is 56.5 Å². The van der Waals surface area contributed by atoms with Crippen molar-refractivity contribution in [3.05, 3.63) is 29.3 Å². The van der Waals surface area contributed by atoms with Crippen LogP contribution in [0.15, 0.2) is 18.2 Å². The summed E-state index contributed by atoms with van der Waals surface area (Å²) in [6.45, 7) is 9.54. The van der Waals surface area contributed by atoms with Gasteiger partial charge >= 0.3 is 0 Å². The molecular weight excluding hydrogens is 184 g/mol. The predicted octanol–water partition coefficient (Wildman–Crippen LogP) is 2.71. The van der Waals surface area contributed by atoms with Crippen molar-refractivity contribution < 1.29 is 0 Å². The van der Waals surface area contributed by atoms with E-state index in [-0.39, 0.29) is 5.54 Å². The van der Waals surface area contributed by atoms with Gasteiger partial charge in [-0.1, -0.05) is 6.07 Å². The number of hydrogen-bond donors (Lipinski definition) is 2. The zero-order valence-corrected chi connectivity index (χ0v) is 10.4. The summed E-state index contributed by atoms with van der Waals surface area (Å²) >= 11 is 0. The van der Waals surface area contributed by atoms with Gasteiger partial charge in [0, 0.05) is 17.8 Å². The lowest BCUT2D eigenvalue weighted by Gasteiger charge is -2.25. The summed E-state index contributed by atoms with van der Waals surface area (Å²) in [5, 5.41) is 6.73. The lowest BCUT2D eigenvalue weighted by Crippen LogP contribution is -2.42. The van der Waals surface area contributed by atoms with Gasteiger partial charge in [-0.3, -0.25) is 0 Å². The summed E-state index contributed by atoms with van der Waals surface area (Å²) in [7, 11) is 1.99. The molecule has 15 heavy (non-hydrogen) atoms. The number of hydrogen-bond acceptors (Lipinski definition) is 2. The van der Waals surface area contributed by atoms with Crippen LogP contribution in [-0.2, 0) is 0 Å². The van der Waals surface area contributed by atoms with E-state index in [4.69, 9.17) is 0 Å². The Morgan fingerprint density at radius 1 is 1.07 bits per heavy atom. The fraction of sp³-hybridized carbons (Fsp3) is 0.538. The van der Waals surface area contributed by atoms with Crippen LogP contribution in [0.3, 0.4) is 0 Å². The van der Waals surface area contributed by atoms with Gasteiger partial charge in [-0.05, 0) is 58.0 Å². The van der Waals surface area contributed by atoms with E-state index in [9.17, 15) is 0 Å². The maximum absolute atomic E-state index is 3.46. The Morgan fingerprint density at radius 3 is 2.07 bits per heavy atom. The number of rotatable bonds is 4. The molecule has 84 valence electrons. The van der Waals surface area contributed by atoms with E-state index in [0.29, 0.717) is 0 Å². The highest BCUT2D eigenvalue weighted by Gasteiger charge is 2.13. The molecular formula is C13H22N2. The Kier molecular flexibility index (Phi) is 3.75. The second kappa shape index (κ2) is 4.67. The van der Waals surface area contributed by atoms with Crippen molar-refractivity contribution in [3.63, 3.8) is 0 Å². The normalized spacial score (nSPS) is 11.5. The van der Waals surface area contributed by atoms with E-state index >= 15 is 0 Å². The van der Waals surface area contributed by atoms with Crippen molar-refractivity contribution in [2.45, 2.75) is 33.2 Å². The van der Waals surface area contributed by atoms with Crippen molar-refractivity contribution in [2.24, 2.45) is 0 Å². The van der Waals surface area contributed by atoms with Crippen molar-refractivity contribution in [3.8, 4) is 0 Å². The van der Waals surface area contributed by atoms with Crippen LogP contribution in [0.25, 0.3) is 0 Å². The minimum Gasteiger partial charge on any atom is -0.383 e. The Hall–Kier alpha value is -1.02. The van der Waals surface area contributed by atoms with Gasteiger partial charge in [-0.2, -0.15) is 0 Å². The molecule has 0 atom stereocenters. The van der Waals surface area contributed by atoms with E-state index in [1.54, 1.807) is 0 Å². The molecule has 0 heterocycles. The van der Waals surface area contributed by atoms with Crippen LogP contribution in [0.1, 0.15) is 25.0 Å². The molecule has 0 unspecified atom stereocenters. The second-order valence-electron chi connectivity index (χ2n) is 4.86. The van der Waals surface area contributed by atoms with Gasteiger partial charge in [0.2, 0.25) is 0 Å². The topological polar surface area (TPSA) is 24.1 Å². The van der Waals surface area contributed by atoms with Crippen molar-refractivity contribution >= 4 is 5.69 Å². The molecule has 0 aromatic heterocycles. The Morgan fingerprint density at radius 2 is 1.60 bits per heavy atom. The molecule has 0 aliphatic rings. The van der Waals surface area contributed by atoms with Gasteiger partial charge in [0.1, 0.15) is 0 Å². The lowest BCUT2D eigenvalue weighted by molar-refractivity contribution is 0.448. The predicted molar refractivity (Wildman–Crippen MR) is 67.5 cm³/mol. The zero-order chi connectivity index (χ0) is 11.5. The molecule has 1 rings (SSSR count). The maximum Gasteiger partial charge on any atom is 0.0346 e. The van der Waals surface area contributed by atoms with Crippen molar-refractivity contribution in [2.75, 3.05) is 18.9 Å². The molecule has 0 radical (unpaired) electrons. The van der Waals surface area contributed by atoms with Gasteiger partial charge in [0.05, 0.1) is 0 Å². The van der Waals surface area contributed by atoms with Crippen LogP contribution < -0.4 is 10.6 Å². The highest BCUT2D eigenvalue weighted by molar-refractivity contribution is 5.48. The van der Waals surface area contributed by atoms with E-state index < -0.39 is 0 Å². The third kappa shape index (κ3) is 3.92. The molecule has 2 N–H and O–H groups in total. The highest BCUT2D eigenvalue weighted by Crippen LogP contribution is 2.14. The lowest BCUT2D eigenvalue weighted by atomic mass is 10.1. The summed E-state index contributed by atoms with van der Waals surface area (Å²) in [5.74, 6) is 0. The summed E-state index contributed by atoms with van der Waals surface area (Å²) in [6.07, 6.45) is 0. The van der Waals surface area contributed by atoms with Crippen LogP contribution in [-0.4, -0.2) is 19.1 Å². The fourth-order valence-electron chi connectivity index (χ4n) is 1.49. The standard InChI is InChI=1S/C13H22N2/c1-10-6-11(2)8-12(7-10)15-9-13(3,4)14-5/h6-8,14-15H,9H2,1-5H3. The molecule has 0 bridgehead atoms. The van der Waals surface area contributed by atoms with Crippen LogP contribution in [0.5, 0.6) is 0 Å². The largest absolute Gasteiger partial charge is 0.383 e. The summed E-state index contributed by atoms with van der Waals surface area (Å²) < 4.78 is 0. The van der Waals surface area contributed by atoms with Gasteiger partial charge in [-0.25, -0.2) is 0 Å². The molecule has 0 amide bonds. The number of likely N-dealkylation sites (N-methyl/N-ethyl adjacent to an activating group) is 1. The average molecular weight is 206 g/mol. The first-order valence-corrected chi connectivity index (χ1v) is 5.44. The molecule has 1 aromatic rings. The minimum atomic E-state index is 0.123. The molecule has 2 heteroatoms. The Bertz CT molecular complexity index is 309. The second-order valence-corrected chi connectivity index (χ2v) is 4.86. The first-order valence-electron chi connectivity index (χ1n) is 5.44. The molecule has 2 nitrogen and oxygen atoms in total. The molecule has 0 spiro atoms. The van der Waals surface area contributed by atoms with Crippen molar-refractivity contribution in [1.29, 1.82) is 0 Å². The zero-order valence-electron chi connectivity index (χ0n) is 10.4. The van der Waals surface area contributed by atoms with E-state index in [0.717, 1.165) is 6.54 Å².